The lowest BCUT2D eigenvalue weighted by Gasteiger charge is -2.16. The molecule has 2 atom stereocenters. The molecular weight excluding hydrogens is 168 g/mol. The van der Waals surface area contributed by atoms with Gasteiger partial charge in [-0.2, -0.15) is 0 Å². The first-order chi connectivity index (χ1) is 5.99. The van der Waals surface area contributed by atoms with Crippen LogP contribution >= 0.6 is 0 Å². The van der Waals surface area contributed by atoms with E-state index in [1.807, 2.05) is 6.92 Å². The van der Waals surface area contributed by atoms with Gasteiger partial charge in [0.25, 0.3) is 0 Å². The van der Waals surface area contributed by atoms with Gasteiger partial charge in [0.2, 0.25) is 0 Å². The molecule has 13 heavy (non-hydrogen) atoms. The van der Waals surface area contributed by atoms with Crippen molar-refractivity contribution in [2.75, 3.05) is 0 Å². The Kier molecular flexibility index (Phi) is 5.39. The van der Waals surface area contributed by atoms with Crippen molar-refractivity contribution in [2.45, 2.75) is 39.9 Å². The van der Waals surface area contributed by atoms with Gasteiger partial charge in [0.1, 0.15) is 0 Å². The number of hydrogen-bond donors (Lipinski definition) is 1. The fourth-order valence-corrected chi connectivity index (χ4v) is 0.925. The first-order valence-corrected chi connectivity index (χ1v) is 4.50. The Morgan fingerprint density at radius 1 is 1.38 bits per heavy atom. The molecule has 3 heteroatoms. The predicted molar refractivity (Wildman–Crippen MR) is 51.2 cm³/mol. The van der Waals surface area contributed by atoms with Crippen LogP contribution in [0.15, 0.2) is 12.2 Å². The molecule has 0 saturated heterocycles. The van der Waals surface area contributed by atoms with Crippen LogP contribution in [0.25, 0.3) is 0 Å². The van der Waals surface area contributed by atoms with E-state index >= 15 is 0 Å². The highest BCUT2D eigenvalue weighted by Crippen LogP contribution is 2.07. The molecule has 0 bridgehead atoms. The third kappa shape index (κ3) is 4.68. The minimum Gasteiger partial charge on any atom is -0.461 e. The molecule has 0 aliphatic carbocycles. The summed E-state index contributed by atoms with van der Waals surface area (Å²) in [5, 5.41) is 9.44. The van der Waals surface area contributed by atoms with E-state index in [-0.39, 0.29) is 12.0 Å². The van der Waals surface area contributed by atoms with Gasteiger partial charge in [0.15, 0.2) is 6.10 Å². The van der Waals surface area contributed by atoms with Gasteiger partial charge >= 0.3 is 5.97 Å². The van der Waals surface area contributed by atoms with Crippen LogP contribution in [0, 0.1) is 5.92 Å². The Balaban J connectivity index is 4.09. The minimum absolute atomic E-state index is 0.181. The first kappa shape index (κ1) is 12.2. The molecule has 0 aromatic carbocycles. The molecule has 0 fully saturated rings. The molecule has 76 valence electrons. The van der Waals surface area contributed by atoms with Crippen LogP contribution in [0.4, 0.5) is 0 Å². The first-order valence-electron chi connectivity index (χ1n) is 4.50. The molecule has 0 aromatic rings. The third-order valence-electron chi connectivity index (χ3n) is 1.59. The van der Waals surface area contributed by atoms with E-state index in [4.69, 9.17) is 4.74 Å². The predicted octanol–water partition coefficient (Wildman–Crippen LogP) is 1.51. The molecule has 0 aliphatic rings. The van der Waals surface area contributed by atoms with Crippen LogP contribution in [0.5, 0.6) is 0 Å². The fraction of sp³-hybridized carbons (Fsp3) is 0.700. The van der Waals surface area contributed by atoms with Gasteiger partial charge in [-0.15, -0.1) is 0 Å². The van der Waals surface area contributed by atoms with Crippen molar-refractivity contribution in [3.05, 3.63) is 12.2 Å². The van der Waals surface area contributed by atoms with Crippen LogP contribution < -0.4 is 0 Å². The van der Waals surface area contributed by atoms with Crippen molar-refractivity contribution in [3.8, 4) is 0 Å². The highest BCUT2D eigenvalue weighted by molar-refractivity contribution is 5.75. The van der Waals surface area contributed by atoms with E-state index < -0.39 is 12.1 Å². The van der Waals surface area contributed by atoms with E-state index in [9.17, 15) is 9.90 Å². The highest BCUT2D eigenvalue weighted by Gasteiger charge is 2.22. The Bertz CT molecular complexity index is 185. The molecular formula is C10H18O3. The topological polar surface area (TPSA) is 46.5 Å². The molecule has 0 unspecified atom stereocenters. The number of aliphatic hydroxyl groups excluding tert-OH is 1. The summed E-state index contributed by atoms with van der Waals surface area (Å²) in [5.41, 5.74) is 0. The smallest absolute Gasteiger partial charge is 0.335 e. The van der Waals surface area contributed by atoms with Crippen molar-refractivity contribution in [3.63, 3.8) is 0 Å². The molecule has 0 amide bonds. The summed E-state index contributed by atoms with van der Waals surface area (Å²) in [6.45, 7) is 7.12. The van der Waals surface area contributed by atoms with Gasteiger partial charge in [-0.3, -0.25) is 0 Å². The van der Waals surface area contributed by atoms with Crippen LogP contribution in [0.1, 0.15) is 27.7 Å². The zero-order chi connectivity index (χ0) is 10.4. The molecule has 0 spiro atoms. The summed E-state index contributed by atoms with van der Waals surface area (Å²) in [6.07, 6.45) is 2.33. The summed E-state index contributed by atoms with van der Waals surface area (Å²) < 4.78 is 4.86. The van der Waals surface area contributed by atoms with Crippen molar-refractivity contribution in [1.82, 2.24) is 0 Å². The number of allylic oxidation sites excluding steroid dienone is 1. The fourth-order valence-electron chi connectivity index (χ4n) is 0.925. The van der Waals surface area contributed by atoms with Crippen molar-refractivity contribution < 1.29 is 14.6 Å². The van der Waals surface area contributed by atoms with E-state index in [0.717, 1.165) is 0 Å². The standard InChI is InChI=1S/C10H18O3/c1-5-6-8(4)9(11)10(12)13-7(2)3/h5-9,11H,1-4H3/b6-5-/t8-,9-/m1/s1. The molecule has 1 N–H and O–H groups in total. The number of carbonyl (C=O) groups is 1. The van der Waals surface area contributed by atoms with Gasteiger partial charge in [0.05, 0.1) is 6.10 Å². The highest BCUT2D eigenvalue weighted by atomic mass is 16.6. The largest absolute Gasteiger partial charge is 0.461 e. The molecule has 0 radical (unpaired) electrons. The SMILES string of the molecule is C/C=C\[C@@H](C)[C@@H](O)C(=O)OC(C)C. The lowest BCUT2D eigenvalue weighted by molar-refractivity contribution is -0.159. The van der Waals surface area contributed by atoms with Gasteiger partial charge < -0.3 is 9.84 Å². The quantitative estimate of drug-likeness (QED) is 0.534. The monoisotopic (exact) mass is 186 g/mol. The number of carbonyl (C=O) groups excluding carboxylic acids is 1. The summed E-state index contributed by atoms with van der Waals surface area (Å²) >= 11 is 0. The molecule has 0 aliphatic heterocycles. The Hall–Kier alpha value is -0.830. The average molecular weight is 186 g/mol. The second-order valence-corrected chi connectivity index (χ2v) is 3.32. The number of hydrogen-bond acceptors (Lipinski definition) is 3. The number of rotatable bonds is 4. The van der Waals surface area contributed by atoms with E-state index in [2.05, 4.69) is 0 Å². The number of ether oxygens (including phenoxy) is 1. The molecule has 0 aromatic heterocycles. The van der Waals surface area contributed by atoms with Gasteiger partial charge in [-0.05, 0) is 20.8 Å². The van der Waals surface area contributed by atoms with Crippen molar-refractivity contribution >= 4 is 5.97 Å². The summed E-state index contributed by atoms with van der Waals surface area (Å²) in [6, 6.07) is 0. The average Bonchev–Trinajstić information content (AvgIpc) is 2.02. The molecule has 0 saturated carbocycles. The van der Waals surface area contributed by atoms with E-state index in [1.165, 1.54) is 0 Å². The third-order valence-corrected chi connectivity index (χ3v) is 1.59. The van der Waals surface area contributed by atoms with Gasteiger partial charge in [-0.25, -0.2) is 4.79 Å². The lowest BCUT2D eigenvalue weighted by atomic mass is 10.0. The van der Waals surface area contributed by atoms with E-state index in [1.54, 1.807) is 32.9 Å². The van der Waals surface area contributed by atoms with Crippen LogP contribution in [0.3, 0.4) is 0 Å². The van der Waals surface area contributed by atoms with Gasteiger partial charge in [-0.1, -0.05) is 19.1 Å². The number of esters is 1. The van der Waals surface area contributed by atoms with E-state index in [0.29, 0.717) is 0 Å². The minimum atomic E-state index is -1.06. The zero-order valence-electron chi connectivity index (χ0n) is 8.65. The maximum atomic E-state index is 11.2. The van der Waals surface area contributed by atoms with Crippen LogP contribution in [-0.2, 0) is 9.53 Å². The Morgan fingerprint density at radius 3 is 2.31 bits per heavy atom. The summed E-state index contributed by atoms with van der Waals surface area (Å²) in [5.74, 6) is -0.753. The molecule has 0 heterocycles. The van der Waals surface area contributed by atoms with Crippen LogP contribution in [0.2, 0.25) is 0 Å². The normalized spacial score (nSPS) is 16.2. The van der Waals surface area contributed by atoms with Crippen LogP contribution in [-0.4, -0.2) is 23.3 Å². The maximum absolute atomic E-state index is 11.2. The lowest BCUT2D eigenvalue weighted by Crippen LogP contribution is -2.30. The second-order valence-electron chi connectivity index (χ2n) is 3.32. The molecule has 0 rings (SSSR count). The summed E-state index contributed by atoms with van der Waals surface area (Å²) in [4.78, 5) is 11.2. The van der Waals surface area contributed by atoms with Crippen molar-refractivity contribution in [2.24, 2.45) is 5.92 Å². The second kappa shape index (κ2) is 5.75. The Labute approximate surface area is 79.4 Å². The number of aliphatic hydroxyl groups is 1. The zero-order valence-corrected chi connectivity index (χ0v) is 8.65. The summed E-state index contributed by atoms with van der Waals surface area (Å²) in [7, 11) is 0. The van der Waals surface area contributed by atoms with Gasteiger partial charge in [0, 0.05) is 5.92 Å². The molecule has 3 nitrogen and oxygen atoms in total. The van der Waals surface area contributed by atoms with Crippen molar-refractivity contribution in [1.29, 1.82) is 0 Å². The maximum Gasteiger partial charge on any atom is 0.335 e. The Morgan fingerprint density at radius 2 is 1.92 bits per heavy atom.